The van der Waals surface area contributed by atoms with Crippen LogP contribution in [0, 0.1) is 13.8 Å². The monoisotopic (exact) mass is 376 g/mol. The maximum Gasteiger partial charge on any atom is 0.323 e. The fourth-order valence-corrected chi connectivity index (χ4v) is 3.48. The van der Waals surface area contributed by atoms with Gasteiger partial charge in [-0.05, 0) is 44.7 Å². The Kier molecular flexibility index (Phi) is 7.21. The highest BCUT2D eigenvalue weighted by atomic mass is 16.5. The maximum atomic E-state index is 12.5. The van der Waals surface area contributed by atoms with Gasteiger partial charge in [0.1, 0.15) is 12.3 Å². The number of hydrogen-bond acceptors (Lipinski definition) is 4. The third kappa shape index (κ3) is 5.98. The van der Waals surface area contributed by atoms with Gasteiger partial charge >= 0.3 is 5.97 Å². The molecule has 1 fully saturated rings. The summed E-state index contributed by atoms with van der Waals surface area (Å²) in [5.74, 6) is -0.668. The number of aryl methyl sites for hydroxylation is 2. The Balaban J connectivity index is 1.91. The Bertz CT molecular complexity index is 704. The van der Waals surface area contributed by atoms with Gasteiger partial charge < -0.3 is 19.6 Å². The molecule has 0 aliphatic carbocycles. The predicted octanol–water partition coefficient (Wildman–Crippen LogP) is 2.00. The van der Waals surface area contributed by atoms with Crippen LogP contribution in [0.1, 0.15) is 37.3 Å². The molecule has 1 aromatic carbocycles. The lowest BCUT2D eigenvalue weighted by Crippen LogP contribution is -2.43. The van der Waals surface area contributed by atoms with E-state index in [2.05, 4.69) is 0 Å². The fraction of sp³-hybridized carbons (Fsp3) is 0.550. The number of hydrogen-bond donors (Lipinski definition) is 1. The average molecular weight is 376 g/mol. The van der Waals surface area contributed by atoms with Gasteiger partial charge in [-0.25, -0.2) is 0 Å². The molecule has 1 heterocycles. The van der Waals surface area contributed by atoms with Gasteiger partial charge in [-0.2, -0.15) is 0 Å². The minimum Gasteiger partial charge on any atom is -0.484 e. The van der Waals surface area contributed by atoms with Crippen LogP contribution in [0.2, 0.25) is 0 Å². The van der Waals surface area contributed by atoms with Crippen molar-refractivity contribution in [2.75, 3.05) is 26.2 Å². The summed E-state index contributed by atoms with van der Waals surface area (Å²) in [7, 11) is 0. The van der Waals surface area contributed by atoms with E-state index in [9.17, 15) is 14.4 Å². The lowest BCUT2D eigenvalue weighted by atomic mass is 10.1. The number of carbonyl (C=O) groups excluding carboxylic acids is 2. The van der Waals surface area contributed by atoms with Crippen LogP contribution in [0.25, 0.3) is 0 Å². The van der Waals surface area contributed by atoms with Gasteiger partial charge in [0.15, 0.2) is 6.61 Å². The molecule has 148 valence electrons. The Labute approximate surface area is 159 Å². The Morgan fingerprint density at radius 2 is 1.96 bits per heavy atom. The van der Waals surface area contributed by atoms with Gasteiger partial charge in [0, 0.05) is 26.1 Å². The van der Waals surface area contributed by atoms with Crippen LogP contribution in [0.15, 0.2) is 18.2 Å². The van der Waals surface area contributed by atoms with Crippen LogP contribution in [0.3, 0.4) is 0 Å². The summed E-state index contributed by atoms with van der Waals surface area (Å²) in [5.41, 5.74) is 2.13. The predicted molar refractivity (Wildman–Crippen MR) is 101 cm³/mol. The summed E-state index contributed by atoms with van der Waals surface area (Å²) in [6, 6.07) is 5.67. The first-order valence-corrected chi connectivity index (χ1v) is 9.24. The summed E-state index contributed by atoms with van der Waals surface area (Å²) in [6.45, 7) is 6.08. The molecule has 27 heavy (non-hydrogen) atoms. The number of ether oxygens (including phenoxy) is 1. The molecule has 0 saturated carbocycles. The Hall–Kier alpha value is -2.57. The van der Waals surface area contributed by atoms with Crippen molar-refractivity contribution in [3.63, 3.8) is 0 Å². The maximum absolute atomic E-state index is 12.5. The number of carboxylic acid groups (broad SMARTS) is 1. The van der Waals surface area contributed by atoms with Gasteiger partial charge in [-0.3, -0.25) is 14.4 Å². The zero-order valence-electron chi connectivity index (χ0n) is 16.2. The fourth-order valence-electron chi connectivity index (χ4n) is 3.48. The quantitative estimate of drug-likeness (QED) is 0.820. The molecule has 7 nitrogen and oxygen atoms in total. The zero-order chi connectivity index (χ0) is 20.0. The molecule has 7 heteroatoms. The second kappa shape index (κ2) is 9.39. The third-order valence-electron chi connectivity index (χ3n) is 4.88. The molecule has 1 aliphatic rings. The second-order valence-electron chi connectivity index (χ2n) is 7.06. The third-order valence-corrected chi connectivity index (χ3v) is 4.88. The van der Waals surface area contributed by atoms with E-state index < -0.39 is 5.97 Å². The van der Waals surface area contributed by atoms with Crippen molar-refractivity contribution in [1.29, 1.82) is 0 Å². The van der Waals surface area contributed by atoms with Crippen molar-refractivity contribution in [3.8, 4) is 5.75 Å². The number of nitrogens with zero attached hydrogens (tertiary/aromatic N) is 2. The average Bonchev–Trinajstić information content (AvgIpc) is 2.84. The number of carbonyl (C=O) groups is 3. The van der Waals surface area contributed by atoms with E-state index in [0.717, 1.165) is 17.5 Å². The number of rotatable bonds is 6. The van der Waals surface area contributed by atoms with E-state index >= 15 is 0 Å². The lowest BCUT2D eigenvalue weighted by molar-refractivity contribution is -0.145. The van der Waals surface area contributed by atoms with Crippen LogP contribution in [0.5, 0.6) is 5.75 Å². The summed E-state index contributed by atoms with van der Waals surface area (Å²) in [4.78, 5) is 38.4. The summed E-state index contributed by atoms with van der Waals surface area (Å²) in [5, 5.41) is 9.02. The summed E-state index contributed by atoms with van der Waals surface area (Å²) < 4.78 is 5.68. The smallest absolute Gasteiger partial charge is 0.323 e. The van der Waals surface area contributed by atoms with Crippen LogP contribution < -0.4 is 4.74 Å². The van der Waals surface area contributed by atoms with Gasteiger partial charge in [-0.1, -0.05) is 17.7 Å². The van der Waals surface area contributed by atoms with Crippen LogP contribution in [-0.4, -0.2) is 65.0 Å². The van der Waals surface area contributed by atoms with Crippen LogP contribution in [-0.2, 0) is 14.4 Å². The summed E-state index contributed by atoms with van der Waals surface area (Å²) >= 11 is 0. The minimum atomic E-state index is -1.02. The minimum absolute atomic E-state index is 0.0277. The summed E-state index contributed by atoms with van der Waals surface area (Å²) in [6.07, 6.45) is 1.99. The standard InChI is InChI=1S/C20H28N2O5/c1-14-6-7-18(15(2)11-14)27-13-19(24)21-9-4-5-17(8-10-21)22(16(3)23)12-20(25)26/h6-7,11,17H,4-5,8-10,12-13H2,1-3H3,(H,25,26). The van der Waals surface area contributed by atoms with E-state index in [1.165, 1.54) is 11.8 Å². The molecule has 1 unspecified atom stereocenters. The van der Waals surface area contributed by atoms with Crippen molar-refractivity contribution >= 4 is 17.8 Å². The first-order valence-electron chi connectivity index (χ1n) is 9.24. The van der Waals surface area contributed by atoms with Crippen LogP contribution >= 0.6 is 0 Å². The molecule has 1 aromatic rings. The van der Waals surface area contributed by atoms with E-state index in [0.29, 0.717) is 31.7 Å². The van der Waals surface area contributed by atoms with Gasteiger partial charge in [0.2, 0.25) is 5.91 Å². The molecular weight excluding hydrogens is 348 g/mol. The van der Waals surface area contributed by atoms with E-state index in [1.54, 1.807) is 4.90 Å². The molecule has 0 bridgehead atoms. The van der Waals surface area contributed by atoms with Crippen LogP contribution in [0.4, 0.5) is 0 Å². The SMILES string of the molecule is CC(=O)N(CC(=O)O)C1CCCN(C(=O)COc2ccc(C)cc2C)CC1. The molecule has 1 saturated heterocycles. The van der Waals surface area contributed by atoms with Crippen molar-refractivity contribution < 1.29 is 24.2 Å². The van der Waals surface area contributed by atoms with Crippen molar-refractivity contribution in [2.45, 2.75) is 46.1 Å². The normalized spacial score (nSPS) is 17.1. The lowest BCUT2D eigenvalue weighted by Gasteiger charge is -2.28. The zero-order valence-corrected chi connectivity index (χ0v) is 16.2. The van der Waals surface area contributed by atoms with E-state index in [1.807, 2.05) is 32.0 Å². The van der Waals surface area contributed by atoms with E-state index in [4.69, 9.17) is 9.84 Å². The molecule has 0 spiro atoms. The van der Waals surface area contributed by atoms with Gasteiger partial charge in [-0.15, -0.1) is 0 Å². The molecule has 2 rings (SSSR count). The first-order chi connectivity index (χ1) is 12.8. The highest BCUT2D eigenvalue weighted by Crippen LogP contribution is 2.20. The molecular formula is C20H28N2O5. The van der Waals surface area contributed by atoms with Crippen molar-refractivity contribution in [2.24, 2.45) is 0 Å². The Morgan fingerprint density at radius 1 is 1.22 bits per heavy atom. The number of amides is 2. The highest BCUT2D eigenvalue weighted by molar-refractivity contribution is 5.80. The number of benzene rings is 1. The highest BCUT2D eigenvalue weighted by Gasteiger charge is 2.27. The molecule has 2 amide bonds. The molecule has 1 N–H and O–H groups in total. The first kappa shape index (κ1) is 20.7. The van der Waals surface area contributed by atoms with Gasteiger partial charge in [0.05, 0.1) is 0 Å². The number of carboxylic acids is 1. The molecule has 1 atom stereocenters. The Morgan fingerprint density at radius 3 is 2.59 bits per heavy atom. The van der Waals surface area contributed by atoms with Gasteiger partial charge in [0.25, 0.3) is 5.91 Å². The largest absolute Gasteiger partial charge is 0.484 e. The van der Waals surface area contributed by atoms with Crippen molar-refractivity contribution in [1.82, 2.24) is 9.80 Å². The second-order valence-corrected chi connectivity index (χ2v) is 7.06. The molecule has 0 radical (unpaired) electrons. The number of likely N-dealkylation sites (tertiary alicyclic amines) is 1. The van der Waals surface area contributed by atoms with Crippen molar-refractivity contribution in [3.05, 3.63) is 29.3 Å². The topological polar surface area (TPSA) is 87.2 Å². The number of aliphatic carboxylic acids is 1. The van der Waals surface area contributed by atoms with E-state index in [-0.39, 0.29) is 31.0 Å². The molecule has 0 aromatic heterocycles. The molecule has 1 aliphatic heterocycles.